The highest BCUT2D eigenvalue weighted by atomic mass is 16.5. The van der Waals surface area contributed by atoms with Crippen molar-refractivity contribution in [3.05, 3.63) is 54.4 Å². The molecule has 0 aliphatic rings. The molecule has 0 bridgehead atoms. The Hall–Kier alpha value is -3.19. The van der Waals surface area contributed by atoms with Gasteiger partial charge in [0.15, 0.2) is 5.82 Å². The normalized spacial score (nSPS) is 10.8. The van der Waals surface area contributed by atoms with E-state index in [-0.39, 0.29) is 5.97 Å². The van der Waals surface area contributed by atoms with Gasteiger partial charge < -0.3 is 19.1 Å². The molecule has 1 aromatic heterocycles. The highest BCUT2D eigenvalue weighted by molar-refractivity contribution is 5.91. The highest BCUT2D eigenvalue weighted by Gasteiger charge is 2.13. The van der Waals surface area contributed by atoms with E-state index in [9.17, 15) is 4.79 Å². The molecule has 0 atom stereocenters. The Morgan fingerprint density at radius 3 is 2.48 bits per heavy atom. The maximum absolute atomic E-state index is 11.1. The van der Waals surface area contributed by atoms with Crippen LogP contribution in [0.4, 0.5) is 11.5 Å². The van der Waals surface area contributed by atoms with Gasteiger partial charge in [-0.3, -0.25) is 4.79 Å². The molecule has 0 aliphatic heterocycles. The van der Waals surface area contributed by atoms with Crippen molar-refractivity contribution in [2.24, 2.45) is 0 Å². The number of aromatic nitrogens is 2. The van der Waals surface area contributed by atoms with Gasteiger partial charge in [0, 0.05) is 31.1 Å². The summed E-state index contributed by atoms with van der Waals surface area (Å²) < 4.78 is 15.7. The van der Waals surface area contributed by atoms with Crippen LogP contribution >= 0.6 is 0 Å². The van der Waals surface area contributed by atoms with Gasteiger partial charge in [-0.05, 0) is 49.2 Å². The van der Waals surface area contributed by atoms with Gasteiger partial charge in [-0.15, -0.1) is 0 Å². The number of hydrogen-bond acceptors (Lipinski definition) is 7. The van der Waals surface area contributed by atoms with Crippen LogP contribution in [-0.4, -0.2) is 43.8 Å². The summed E-state index contributed by atoms with van der Waals surface area (Å²) in [5, 5.41) is 0.979. The first-order chi connectivity index (χ1) is 15.1. The van der Waals surface area contributed by atoms with E-state index in [1.54, 1.807) is 7.11 Å². The van der Waals surface area contributed by atoms with Crippen LogP contribution in [0, 0.1) is 0 Å². The Kier molecular flexibility index (Phi) is 8.18. The molecule has 0 fully saturated rings. The van der Waals surface area contributed by atoms with Gasteiger partial charge >= 0.3 is 5.97 Å². The first-order valence-corrected chi connectivity index (χ1v) is 10.4. The molecule has 0 saturated carbocycles. The molecule has 0 spiro atoms. The topological polar surface area (TPSA) is 73.8 Å². The number of nitrogens with zero attached hydrogens (tertiary/aromatic N) is 3. The number of unbranched alkanes of at least 4 members (excludes halogenated alkanes) is 2. The number of anilines is 2. The summed E-state index contributed by atoms with van der Waals surface area (Å²) in [4.78, 5) is 22.6. The van der Waals surface area contributed by atoms with Crippen molar-refractivity contribution in [2.75, 3.05) is 32.8 Å². The van der Waals surface area contributed by atoms with E-state index in [0.717, 1.165) is 47.4 Å². The van der Waals surface area contributed by atoms with Crippen molar-refractivity contribution >= 4 is 28.4 Å². The third kappa shape index (κ3) is 6.15. The van der Waals surface area contributed by atoms with Gasteiger partial charge in [0.25, 0.3) is 0 Å². The van der Waals surface area contributed by atoms with Crippen LogP contribution < -0.4 is 9.64 Å². The van der Waals surface area contributed by atoms with E-state index >= 15 is 0 Å². The van der Waals surface area contributed by atoms with Crippen molar-refractivity contribution in [3.63, 3.8) is 0 Å². The number of para-hydroxylation sites is 1. The number of ether oxygens (including phenoxy) is 3. The van der Waals surface area contributed by atoms with E-state index in [1.807, 2.05) is 60.5 Å². The lowest BCUT2D eigenvalue weighted by Crippen LogP contribution is -2.14. The van der Waals surface area contributed by atoms with Crippen LogP contribution in [0.15, 0.2) is 48.5 Å². The molecule has 7 heteroatoms. The van der Waals surface area contributed by atoms with E-state index in [1.165, 1.54) is 7.11 Å². The number of fused-ring (bicyclic) bond motifs is 1. The smallest absolute Gasteiger partial charge is 0.305 e. The molecule has 0 unspecified atom stereocenters. The van der Waals surface area contributed by atoms with Crippen LogP contribution in [0.5, 0.6) is 5.75 Å². The molecule has 0 radical (unpaired) electrons. The molecule has 2 aromatic carbocycles. The molecule has 0 saturated heterocycles. The molecule has 0 aliphatic carbocycles. The number of carbonyl (C=O) groups is 1. The first kappa shape index (κ1) is 22.5. The van der Waals surface area contributed by atoms with E-state index in [2.05, 4.69) is 9.72 Å². The maximum atomic E-state index is 11.1. The zero-order valence-electron chi connectivity index (χ0n) is 18.3. The number of rotatable bonds is 11. The van der Waals surface area contributed by atoms with Crippen LogP contribution in [0.3, 0.4) is 0 Å². The van der Waals surface area contributed by atoms with Crippen LogP contribution in [0.1, 0.15) is 31.5 Å². The molecule has 1 heterocycles. The number of benzene rings is 2. The third-order valence-electron chi connectivity index (χ3n) is 5.04. The lowest BCUT2D eigenvalue weighted by molar-refractivity contribution is -0.140. The number of hydrogen-bond donors (Lipinski definition) is 0. The molecule has 7 nitrogen and oxygen atoms in total. The van der Waals surface area contributed by atoms with E-state index < -0.39 is 0 Å². The van der Waals surface area contributed by atoms with Gasteiger partial charge in [-0.2, -0.15) is 0 Å². The second-order valence-electron chi connectivity index (χ2n) is 7.18. The second kappa shape index (κ2) is 11.3. The first-order valence-electron chi connectivity index (χ1n) is 10.4. The average Bonchev–Trinajstić information content (AvgIpc) is 2.82. The summed E-state index contributed by atoms with van der Waals surface area (Å²) in [5.74, 6) is 2.11. The molecular formula is C24H29N3O4. The SMILES string of the molecule is COC(=O)CCCCCOCc1nc(N(C)c2ccc(OC)cc2)c2ccccc2n1. The molecule has 3 aromatic rings. The number of methoxy groups -OCH3 is 2. The predicted octanol–water partition coefficient (Wildman–Crippen LogP) is 4.66. The van der Waals surface area contributed by atoms with Gasteiger partial charge in [0.2, 0.25) is 0 Å². The zero-order valence-corrected chi connectivity index (χ0v) is 18.3. The van der Waals surface area contributed by atoms with Crippen LogP contribution in [-0.2, 0) is 20.9 Å². The Labute approximate surface area is 183 Å². The van der Waals surface area contributed by atoms with Gasteiger partial charge in [-0.1, -0.05) is 18.6 Å². The third-order valence-corrected chi connectivity index (χ3v) is 5.04. The van der Waals surface area contributed by atoms with Crippen molar-refractivity contribution in [1.29, 1.82) is 0 Å². The lowest BCUT2D eigenvalue weighted by atomic mass is 10.2. The van der Waals surface area contributed by atoms with Crippen LogP contribution in [0.25, 0.3) is 10.9 Å². The Morgan fingerprint density at radius 1 is 0.968 bits per heavy atom. The summed E-state index contributed by atoms with van der Waals surface area (Å²) >= 11 is 0. The summed E-state index contributed by atoms with van der Waals surface area (Å²) in [6.07, 6.45) is 3.05. The monoisotopic (exact) mass is 423 g/mol. The molecule has 0 N–H and O–H groups in total. The Bertz CT molecular complexity index is 992. The second-order valence-corrected chi connectivity index (χ2v) is 7.18. The van der Waals surface area contributed by atoms with Gasteiger partial charge in [-0.25, -0.2) is 9.97 Å². The van der Waals surface area contributed by atoms with E-state index in [0.29, 0.717) is 25.5 Å². The zero-order chi connectivity index (χ0) is 22.1. The number of carbonyl (C=O) groups excluding carboxylic acids is 1. The highest BCUT2D eigenvalue weighted by Crippen LogP contribution is 2.29. The summed E-state index contributed by atoms with van der Waals surface area (Å²) in [7, 11) is 5.06. The fraction of sp³-hybridized carbons (Fsp3) is 0.375. The van der Waals surface area contributed by atoms with Crippen LogP contribution in [0.2, 0.25) is 0 Å². The van der Waals surface area contributed by atoms with Crippen molar-refractivity contribution in [3.8, 4) is 5.75 Å². The standard InChI is InChI=1S/C24H29N3O4/c1-27(18-12-14-19(29-2)15-13-18)24-20-9-6-7-10-21(20)25-22(26-24)17-31-16-8-4-5-11-23(28)30-3/h6-7,9-10,12-15H,4-5,8,11,16-17H2,1-3H3. The minimum atomic E-state index is -0.168. The fourth-order valence-electron chi connectivity index (χ4n) is 3.27. The minimum absolute atomic E-state index is 0.168. The summed E-state index contributed by atoms with van der Waals surface area (Å²) in [6, 6.07) is 15.8. The molecule has 3 rings (SSSR count). The maximum Gasteiger partial charge on any atom is 0.305 e. The Morgan fingerprint density at radius 2 is 1.74 bits per heavy atom. The molecule has 31 heavy (non-hydrogen) atoms. The molecule has 164 valence electrons. The van der Waals surface area contributed by atoms with Gasteiger partial charge in [0.05, 0.1) is 19.7 Å². The quantitative estimate of drug-likeness (QED) is 0.328. The van der Waals surface area contributed by atoms with Gasteiger partial charge in [0.1, 0.15) is 18.2 Å². The average molecular weight is 424 g/mol. The summed E-state index contributed by atoms with van der Waals surface area (Å²) in [5.41, 5.74) is 1.88. The molecule has 0 amide bonds. The largest absolute Gasteiger partial charge is 0.497 e. The van der Waals surface area contributed by atoms with E-state index in [4.69, 9.17) is 14.5 Å². The Balaban J connectivity index is 1.67. The number of esters is 1. The fourth-order valence-corrected chi connectivity index (χ4v) is 3.27. The predicted molar refractivity (Wildman–Crippen MR) is 121 cm³/mol. The van der Waals surface area contributed by atoms with Crippen molar-refractivity contribution < 1.29 is 19.0 Å². The molecular weight excluding hydrogens is 394 g/mol. The summed E-state index contributed by atoms with van der Waals surface area (Å²) in [6.45, 7) is 0.937. The van der Waals surface area contributed by atoms with Crippen molar-refractivity contribution in [2.45, 2.75) is 32.3 Å². The minimum Gasteiger partial charge on any atom is -0.497 e. The lowest BCUT2D eigenvalue weighted by Gasteiger charge is -2.21. The van der Waals surface area contributed by atoms with Crippen molar-refractivity contribution in [1.82, 2.24) is 9.97 Å².